The maximum absolute atomic E-state index is 3.92. The van der Waals surface area contributed by atoms with E-state index in [9.17, 15) is 0 Å². The van der Waals surface area contributed by atoms with Crippen LogP contribution in [-0.4, -0.2) is 13.1 Å². The number of nitrogens with zero attached hydrogens (tertiary/aromatic N) is 1. The summed E-state index contributed by atoms with van der Waals surface area (Å²) in [6.07, 6.45) is 1.11. The minimum atomic E-state index is -0.0153. The molecule has 2 nitrogen and oxygen atoms in total. The zero-order valence-electron chi connectivity index (χ0n) is 15.5. The molecule has 1 heterocycles. The summed E-state index contributed by atoms with van der Waals surface area (Å²) in [5.41, 5.74) is 8.62. The van der Waals surface area contributed by atoms with Crippen molar-refractivity contribution in [2.75, 3.05) is 23.3 Å². The summed E-state index contributed by atoms with van der Waals surface area (Å²) >= 11 is 0. The maximum atomic E-state index is 3.92. The number of aryl methyl sites for hydroxylation is 1. The van der Waals surface area contributed by atoms with E-state index in [1.807, 2.05) is 0 Å². The van der Waals surface area contributed by atoms with Gasteiger partial charge >= 0.3 is 0 Å². The first-order valence-electron chi connectivity index (χ1n) is 9.21. The van der Waals surface area contributed by atoms with E-state index >= 15 is 0 Å². The molecule has 0 spiro atoms. The molecule has 2 heteroatoms. The fraction of sp³-hybridized carbons (Fsp3) is 0.455. The third-order valence-electron chi connectivity index (χ3n) is 6.62. The molecule has 1 aliphatic heterocycles. The lowest BCUT2D eigenvalue weighted by molar-refractivity contribution is 0.341. The van der Waals surface area contributed by atoms with Crippen molar-refractivity contribution in [1.82, 2.24) is 0 Å². The van der Waals surface area contributed by atoms with E-state index in [-0.39, 0.29) is 11.0 Å². The standard InChI is InChI=1S/C22H28N2/c1-6-24(7-2)17-12-15(3)20-19(13-17)21(4)14-16-10-8-9-11-18(16)22(21,5)23-20/h8-13,23H,6-7,14H2,1-5H3. The van der Waals surface area contributed by atoms with E-state index < -0.39 is 0 Å². The van der Waals surface area contributed by atoms with Gasteiger partial charge in [0.2, 0.25) is 0 Å². The monoisotopic (exact) mass is 320 g/mol. The number of fused-ring (bicyclic) bond motifs is 5. The van der Waals surface area contributed by atoms with E-state index in [0.29, 0.717) is 0 Å². The van der Waals surface area contributed by atoms with Crippen molar-refractivity contribution < 1.29 is 0 Å². The summed E-state index contributed by atoms with van der Waals surface area (Å²) in [4.78, 5) is 2.45. The highest BCUT2D eigenvalue weighted by Gasteiger charge is 2.58. The van der Waals surface area contributed by atoms with Gasteiger partial charge < -0.3 is 10.2 Å². The highest BCUT2D eigenvalue weighted by Crippen LogP contribution is 2.60. The van der Waals surface area contributed by atoms with Gasteiger partial charge in [0.05, 0.1) is 5.54 Å². The highest BCUT2D eigenvalue weighted by molar-refractivity contribution is 5.76. The fourth-order valence-corrected chi connectivity index (χ4v) is 4.98. The van der Waals surface area contributed by atoms with Crippen LogP contribution in [0, 0.1) is 6.92 Å². The van der Waals surface area contributed by atoms with Gasteiger partial charge in [-0.25, -0.2) is 0 Å². The lowest BCUT2D eigenvalue weighted by Gasteiger charge is -2.36. The van der Waals surface area contributed by atoms with Crippen LogP contribution in [0.4, 0.5) is 11.4 Å². The number of benzene rings is 2. The number of nitrogens with one attached hydrogen (secondary N) is 1. The van der Waals surface area contributed by atoms with Gasteiger partial charge in [-0.1, -0.05) is 31.2 Å². The first-order valence-corrected chi connectivity index (χ1v) is 9.21. The third-order valence-corrected chi connectivity index (χ3v) is 6.62. The first kappa shape index (κ1) is 15.6. The van der Waals surface area contributed by atoms with Crippen molar-refractivity contribution >= 4 is 11.4 Å². The summed E-state index contributed by atoms with van der Waals surface area (Å²) in [5, 5.41) is 3.92. The summed E-state index contributed by atoms with van der Waals surface area (Å²) < 4.78 is 0. The van der Waals surface area contributed by atoms with Gasteiger partial charge in [0.15, 0.2) is 0 Å². The summed E-state index contributed by atoms with van der Waals surface area (Å²) in [6.45, 7) is 13.7. The van der Waals surface area contributed by atoms with Crippen LogP contribution in [0.25, 0.3) is 0 Å². The van der Waals surface area contributed by atoms with Crippen LogP contribution in [0.2, 0.25) is 0 Å². The van der Waals surface area contributed by atoms with Crippen LogP contribution in [0.3, 0.4) is 0 Å². The van der Waals surface area contributed by atoms with Crippen LogP contribution in [-0.2, 0) is 17.4 Å². The van der Waals surface area contributed by atoms with Crippen molar-refractivity contribution in [2.24, 2.45) is 0 Å². The normalized spacial score (nSPS) is 26.5. The number of hydrogen-bond acceptors (Lipinski definition) is 2. The SMILES string of the molecule is CCN(CC)c1cc(C)c2c(c1)C1(C)Cc3ccccc3C1(C)N2. The topological polar surface area (TPSA) is 15.3 Å². The van der Waals surface area contributed by atoms with E-state index in [1.165, 1.54) is 33.6 Å². The fourth-order valence-electron chi connectivity index (χ4n) is 4.98. The van der Waals surface area contributed by atoms with Crippen LogP contribution in [0.15, 0.2) is 36.4 Å². The Morgan fingerprint density at radius 2 is 1.75 bits per heavy atom. The van der Waals surface area contributed by atoms with Gasteiger partial charge in [-0.05, 0) is 68.5 Å². The quantitative estimate of drug-likeness (QED) is 0.856. The van der Waals surface area contributed by atoms with Gasteiger partial charge in [-0.2, -0.15) is 0 Å². The predicted octanol–water partition coefficient (Wildman–Crippen LogP) is 5.00. The molecule has 2 aromatic carbocycles. The van der Waals surface area contributed by atoms with Gasteiger partial charge in [-0.15, -0.1) is 0 Å². The van der Waals surface area contributed by atoms with Crippen LogP contribution in [0.5, 0.6) is 0 Å². The molecule has 1 N–H and O–H groups in total. The molecule has 2 aromatic rings. The predicted molar refractivity (Wildman–Crippen MR) is 103 cm³/mol. The lowest BCUT2D eigenvalue weighted by Crippen LogP contribution is -2.42. The molecule has 2 aliphatic rings. The molecule has 0 saturated heterocycles. The van der Waals surface area contributed by atoms with Gasteiger partial charge in [-0.3, -0.25) is 0 Å². The van der Waals surface area contributed by atoms with Crippen molar-refractivity contribution in [3.05, 3.63) is 58.7 Å². The van der Waals surface area contributed by atoms with Crippen molar-refractivity contribution in [3.63, 3.8) is 0 Å². The maximum Gasteiger partial charge on any atom is 0.0697 e. The van der Waals surface area contributed by atoms with Crippen LogP contribution >= 0.6 is 0 Å². The molecular weight excluding hydrogens is 292 g/mol. The first-order chi connectivity index (χ1) is 11.4. The minimum absolute atomic E-state index is 0.0153. The summed E-state index contributed by atoms with van der Waals surface area (Å²) in [6, 6.07) is 13.7. The van der Waals surface area contributed by atoms with Crippen molar-refractivity contribution in [2.45, 2.75) is 52.0 Å². The Labute approximate surface area is 145 Å². The largest absolute Gasteiger partial charge is 0.374 e. The Morgan fingerprint density at radius 1 is 1.04 bits per heavy atom. The minimum Gasteiger partial charge on any atom is -0.374 e. The molecule has 0 saturated carbocycles. The number of rotatable bonds is 3. The van der Waals surface area contributed by atoms with E-state index in [2.05, 4.69) is 81.2 Å². The molecule has 126 valence electrons. The lowest BCUT2D eigenvalue weighted by atomic mass is 9.70. The molecule has 24 heavy (non-hydrogen) atoms. The van der Waals surface area contributed by atoms with E-state index in [4.69, 9.17) is 0 Å². The Bertz CT molecular complexity index is 806. The number of hydrogen-bond donors (Lipinski definition) is 1. The zero-order chi connectivity index (χ0) is 17.1. The van der Waals surface area contributed by atoms with Gasteiger partial charge in [0, 0.05) is 29.9 Å². The molecule has 0 amide bonds. The van der Waals surface area contributed by atoms with Gasteiger partial charge in [0.25, 0.3) is 0 Å². The van der Waals surface area contributed by atoms with Crippen molar-refractivity contribution in [3.8, 4) is 0 Å². The zero-order valence-corrected chi connectivity index (χ0v) is 15.5. The molecule has 0 radical (unpaired) electrons. The molecular formula is C22H28N2. The number of anilines is 2. The van der Waals surface area contributed by atoms with E-state index in [0.717, 1.165) is 19.5 Å². The highest BCUT2D eigenvalue weighted by atomic mass is 15.1. The Morgan fingerprint density at radius 3 is 2.46 bits per heavy atom. The third kappa shape index (κ3) is 1.77. The Kier molecular flexibility index (Phi) is 3.25. The van der Waals surface area contributed by atoms with E-state index in [1.54, 1.807) is 0 Å². The summed E-state index contributed by atoms with van der Waals surface area (Å²) in [7, 11) is 0. The smallest absolute Gasteiger partial charge is 0.0697 e. The second kappa shape index (κ2) is 5.02. The molecule has 0 fully saturated rings. The molecule has 4 rings (SSSR count). The second-order valence-electron chi connectivity index (χ2n) is 7.77. The molecule has 0 bridgehead atoms. The average molecular weight is 320 g/mol. The Hall–Kier alpha value is -1.96. The molecule has 2 unspecified atom stereocenters. The molecule has 1 aliphatic carbocycles. The Balaban J connectivity index is 1.90. The van der Waals surface area contributed by atoms with Crippen molar-refractivity contribution in [1.29, 1.82) is 0 Å². The molecule has 0 aromatic heterocycles. The average Bonchev–Trinajstić information content (AvgIpc) is 2.92. The van der Waals surface area contributed by atoms with Crippen LogP contribution < -0.4 is 10.2 Å². The van der Waals surface area contributed by atoms with Gasteiger partial charge in [0.1, 0.15) is 0 Å². The molecule has 2 atom stereocenters. The summed E-state index contributed by atoms with van der Waals surface area (Å²) in [5.74, 6) is 0. The second-order valence-corrected chi connectivity index (χ2v) is 7.77. The van der Waals surface area contributed by atoms with Crippen LogP contribution in [0.1, 0.15) is 49.9 Å².